The summed E-state index contributed by atoms with van der Waals surface area (Å²) in [5.41, 5.74) is 3.40. The summed E-state index contributed by atoms with van der Waals surface area (Å²) in [6.07, 6.45) is 4.09. The summed E-state index contributed by atoms with van der Waals surface area (Å²) in [6.45, 7) is 3.10. The Hall–Kier alpha value is -1.51. The maximum Gasteiger partial charge on any atom is 0.230 e. The molecule has 2 N–H and O–H groups in total. The number of rotatable bonds is 3. The fraction of sp³-hybridized carbons (Fsp3) is 0.500. The first-order valence-electron chi connectivity index (χ1n) is 6.42. The first-order valence-corrected chi connectivity index (χ1v) is 6.42. The Labute approximate surface area is 102 Å². The van der Waals surface area contributed by atoms with Gasteiger partial charge in [-0.25, -0.2) is 0 Å². The van der Waals surface area contributed by atoms with Crippen molar-refractivity contribution in [2.45, 2.75) is 32.6 Å². The lowest BCUT2D eigenvalue weighted by atomic mass is 10.0. The van der Waals surface area contributed by atoms with Gasteiger partial charge in [0, 0.05) is 23.3 Å². The quantitative estimate of drug-likeness (QED) is 0.838. The van der Waals surface area contributed by atoms with Crippen LogP contribution in [-0.4, -0.2) is 12.5 Å². The van der Waals surface area contributed by atoms with Crippen LogP contribution in [0.3, 0.4) is 0 Å². The molecule has 0 atom stereocenters. The summed E-state index contributed by atoms with van der Waals surface area (Å²) in [4.78, 5) is 12.1. The first kappa shape index (κ1) is 10.6. The molecular weight excluding hydrogens is 212 g/mol. The number of carbonyl (C=O) groups is 1. The Bertz CT molecular complexity index is 463. The van der Waals surface area contributed by atoms with E-state index in [9.17, 15) is 4.79 Å². The van der Waals surface area contributed by atoms with Crippen LogP contribution in [0.2, 0.25) is 0 Å². The van der Waals surface area contributed by atoms with E-state index in [0.717, 1.165) is 37.9 Å². The molecule has 1 amide bonds. The zero-order chi connectivity index (χ0) is 11.9. The number of hydrogen-bond acceptors (Lipinski definition) is 2. The lowest BCUT2D eigenvalue weighted by Gasteiger charge is -2.13. The minimum Gasteiger partial charge on any atom is -0.384 e. The van der Waals surface area contributed by atoms with Gasteiger partial charge in [-0.3, -0.25) is 4.79 Å². The summed E-state index contributed by atoms with van der Waals surface area (Å²) in [5, 5.41) is 6.38. The van der Waals surface area contributed by atoms with Gasteiger partial charge in [-0.15, -0.1) is 0 Å². The van der Waals surface area contributed by atoms with Crippen molar-refractivity contribution in [1.82, 2.24) is 0 Å². The van der Waals surface area contributed by atoms with E-state index in [1.54, 1.807) is 0 Å². The van der Waals surface area contributed by atoms with Crippen LogP contribution in [0.1, 0.15) is 31.7 Å². The Morgan fingerprint density at radius 3 is 3.00 bits per heavy atom. The largest absolute Gasteiger partial charge is 0.384 e. The van der Waals surface area contributed by atoms with E-state index in [1.807, 2.05) is 6.07 Å². The minimum atomic E-state index is -0.0583. The fourth-order valence-electron chi connectivity index (χ4n) is 2.54. The molecular formula is C14H18N2O. The standard InChI is InChI=1S/C14H18N2O/c1-2-14(6-7-14)13(17)16-11-3-4-12-10(9-11)5-8-15-12/h3-4,9,15H,2,5-8H2,1H3,(H,16,17). The molecule has 1 aromatic rings. The lowest BCUT2D eigenvalue weighted by Crippen LogP contribution is -2.23. The van der Waals surface area contributed by atoms with Crippen LogP contribution >= 0.6 is 0 Å². The first-order chi connectivity index (χ1) is 8.23. The normalized spacial score (nSPS) is 19.4. The third-order valence-corrected chi connectivity index (χ3v) is 4.08. The van der Waals surface area contributed by atoms with Crippen LogP contribution in [0.4, 0.5) is 11.4 Å². The third kappa shape index (κ3) is 1.79. The summed E-state index contributed by atoms with van der Waals surface area (Å²) in [7, 11) is 0. The van der Waals surface area contributed by atoms with Gasteiger partial charge in [0.2, 0.25) is 5.91 Å². The van der Waals surface area contributed by atoms with Gasteiger partial charge in [0.15, 0.2) is 0 Å². The minimum absolute atomic E-state index is 0.0583. The van der Waals surface area contributed by atoms with E-state index in [4.69, 9.17) is 0 Å². The van der Waals surface area contributed by atoms with Crippen molar-refractivity contribution in [3.8, 4) is 0 Å². The molecule has 1 aliphatic heterocycles. The molecule has 0 spiro atoms. The topological polar surface area (TPSA) is 41.1 Å². The molecule has 2 aliphatic rings. The molecule has 90 valence electrons. The molecule has 1 saturated carbocycles. The summed E-state index contributed by atoms with van der Waals surface area (Å²) < 4.78 is 0. The molecule has 3 heteroatoms. The van der Waals surface area contributed by atoms with E-state index in [-0.39, 0.29) is 11.3 Å². The predicted molar refractivity (Wildman–Crippen MR) is 69.2 cm³/mol. The van der Waals surface area contributed by atoms with Gasteiger partial charge in [0.1, 0.15) is 0 Å². The Morgan fingerprint density at radius 2 is 2.29 bits per heavy atom. The average Bonchev–Trinajstić information content (AvgIpc) is 3.01. The highest BCUT2D eigenvalue weighted by Gasteiger charge is 2.47. The highest BCUT2D eigenvalue weighted by molar-refractivity contribution is 5.97. The number of carbonyl (C=O) groups excluding carboxylic acids is 1. The summed E-state index contributed by atoms with van der Waals surface area (Å²) in [5.74, 6) is 0.200. The maximum absolute atomic E-state index is 12.1. The Kier molecular flexibility index (Phi) is 2.35. The van der Waals surface area contributed by atoms with Gasteiger partial charge in [-0.1, -0.05) is 6.92 Å². The molecule has 0 aromatic heterocycles. The van der Waals surface area contributed by atoms with Gasteiger partial charge in [0.05, 0.1) is 0 Å². The highest BCUT2D eigenvalue weighted by atomic mass is 16.2. The van der Waals surface area contributed by atoms with Crippen molar-refractivity contribution in [1.29, 1.82) is 0 Å². The second-order valence-corrected chi connectivity index (χ2v) is 5.14. The van der Waals surface area contributed by atoms with Gasteiger partial charge in [-0.05, 0) is 49.4 Å². The van der Waals surface area contributed by atoms with Crippen molar-refractivity contribution in [3.05, 3.63) is 23.8 Å². The van der Waals surface area contributed by atoms with Crippen molar-refractivity contribution >= 4 is 17.3 Å². The Morgan fingerprint density at radius 1 is 1.47 bits per heavy atom. The zero-order valence-corrected chi connectivity index (χ0v) is 10.2. The van der Waals surface area contributed by atoms with E-state index in [2.05, 4.69) is 29.7 Å². The molecule has 0 saturated heterocycles. The predicted octanol–water partition coefficient (Wildman–Crippen LogP) is 2.78. The molecule has 3 nitrogen and oxygen atoms in total. The van der Waals surface area contributed by atoms with Crippen LogP contribution in [-0.2, 0) is 11.2 Å². The van der Waals surface area contributed by atoms with Crippen LogP contribution in [0.15, 0.2) is 18.2 Å². The van der Waals surface area contributed by atoms with Gasteiger partial charge in [-0.2, -0.15) is 0 Å². The van der Waals surface area contributed by atoms with Gasteiger partial charge < -0.3 is 10.6 Å². The maximum atomic E-state index is 12.1. The van der Waals surface area contributed by atoms with Crippen molar-refractivity contribution < 1.29 is 4.79 Å². The SMILES string of the molecule is CCC1(C(=O)Nc2ccc3c(c2)CCN3)CC1. The average molecular weight is 230 g/mol. The molecule has 1 aromatic carbocycles. The van der Waals surface area contributed by atoms with Crippen LogP contribution < -0.4 is 10.6 Å². The van der Waals surface area contributed by atoms with Gasteiger partial charge >= 0.3 is 0 Å². The number of benzene rings is 1. The van der Waals surface area contributed by atoms with E-state index < -0.39 is 0 Å². The van der Waals surface area contributed by atoms with Crippen LogP contribution in [0.5, 0.6) is 0 Å². The number of amides is 1. The molecule has 0 bridgehead atoms. The zero-order valence-electron chi connectivity index (χ0n) is 10.2. The monoisotopic (exact) mass is 230 g/mol. The molecule has 1 aliphatic carbocycles. The second-order valence-electron chi connectivity index (χ2n) is 5.14. The van der Waals surface area contributed by atoms with Crippen molar-refractivity contribution in [2.75, 3.05) is 17.2 Å². The Balaban J connectivity index is 1.75. The smallest absolute Gasteiger partial charge is 0.230 e. The molecule has 1 heterocycles. The summed E-state index contributed by atoms with van der Waals surface area (Å²) >= 11 is 0. The van der Waals surface area contributed by atoms with Crippen molar-refractivity contribution in [2.24, 2.45) is 5.41 Å². The fourth-order valence-corrected chi connectivity index (χ4v) is 2.54. The number of anilines is 2. The van der Waals surface area contributed by atoms with Crippen LogP contribution in [0.25, 0.3) is 0 Å². The molecule has 3 rings (SSSR count). The summed E-state index contributed by atoms with van der Waals surface area (Å²) in [6, 6.07) is 6.14. The third-order valence-electron chi connectivity index (χ3n) is 4.08. The highest BCUT2D eigenvalue weighted by Crippen LogP contribution is 2.49. The number of hydrogen-bond donors (Lipinski definition) is 2. The van der Waals surface area contributed by atoms with Crippen LogP contribution in [0, 0.1) is 5.41 Å². The number of nitrogens with one attached hydrogen (secondary N) is 2. The molecule has 1 fully saturated rings. The van der Waals surface area contributed by atoms with E-state index in [1.165, 1.54) is 11.3 Å². The molecule has 17 heavy (non-hydrogen) atoms. The number of fused-ring (bicyclic) bond motifs is 1. The molecule has 0 unspecified atom stereocenters. The molecule has 0 radical (unpaired) electrons. The lowest BCUT2D eigenvalue weighted by molar-refractivity contribution is -0.121. The van der Waals surface area contributed by atoms with E-state index in [0.29, 0.717) is 0 Å². The van der Waals surface area contributed by atoms with E-state index >= 15 is 0 Å². The second kappa shape index (κ2) is 3.76. The van der Waals surface area contributed by atoms with Crippen molar-refractivity contribution in [3.63, 3.8) is 0 Å². The van der Waals surface area contributed by atoms with Gasteiger partial charge in [0.25, 0.3) is 0 Å².